The molecule has 0 heterocycles. The van der Waals surface area contributed by atoms with Gasteiger partial charge in [0.05, 0.1) is 13.2 Å². The van der Waals surface area contributed by atoms with Crippen molar-refractivity contribution >= 4 is 5.96 Å². The summed E-state index contributed by atoms with van der Waals surface area (Å²) in [5, 5.41) is 6.61. The van der Waals surface area contributed by atoms with Gasteiger partial charge in [-0.1, -0.05) is 12.1 Å². The highest BCUT2D eigenvalue weighted by Gasteiger charge is 2.05. The van der Waals surface area contributed by atoms with Crippen LogP contribution in [0.15, 0.2) is 23.2 Å². The number of nitrogens with zero attached hydrogens (tertiary/aromatic N) is 1. The first-order chi connectivity index (χ1) is 12.7. The molecular weight excluding hydrogens is 330 g/mol. The van der Waals surface area contributed by atoms with Crippen molar-refractivity contribution in [1.82, 2.24) is 10.6 Å². The monoisotopic (exact) mass is 365 g/mol. The van der Waals surface area contributed by atoms with Crippen LogP contribution in [0.1, 0.15) is 38.3 Å². The van der Waals surface area contributed by atoms with Crippen LogP contribution in [-0.4, -0.2) is 52.1 Å². The Morgan fingerprint density at radius 1 is 1.00 bits per heavy atom. The first kappa shape index (κ1) is 22.3. The summed E-state index contributed by atoms with van der Waals surface area (Å²) in [6.07, 6.45) is 0.953. The number of nitrogens with one attached hydrogen (secondary N) is 2. The van der Waals surface area contributed by atoms with Crippen molar-refractivity contribution in [2.45, 2.75) is 40.7 Å². The van der Waals surface area contributed by atoms with Crippen LogP contribution in [0.25, 0.3) is 0 Å². The first-order valence-electron chi connectivity index (χ1n) is 9.61. The fraction of sp³-hybridized carbons (Fsp3) is 0.650. The van der Waals surface area contributed by atoms with Gasteiger partial charge >= 0.3 is 0 Å². The first-order valence-corrected chi connectivity index (χ1v) is 9.61. The Bertz CT molecular complexity index is 521. The number of ether oxygens (including phenoxy) is 3. The molecule has 0 spiro atoms. The summed E-state index contributed by atoms with van der Waals surface area (Å²) in [6, 6.07) is 6.22. The van der Waals surface area contributed by atoms with Gasteiger partial charge < -0.3 is 24.8 Å². The van der Waals surface area contributed by atoms with Crippen molar-refractivity contribution in [2.24, 2.45) is 4.99 Å². The number of rotatable bonds is 13. The van der Waals surface area contributed by atoms with E-state index in [9.17, 15) is 0 Å². The number of benzene rings is 1. The largest absolute Gasteiger partial charge is 0.491 e. The van der Waals surface area contributed by atoms with Crippen molar-refractivity contribution in [1.29, 1.82) is 0 Å². The van der Waals surface area contributed by atoms with Gasteiger partial charge in [-0.25, -0.2) is 4.99 Å². The Kier molecular flexibility index (Phi) is 12.3. The molecule has 0 atom stereocenters. The van der Waals surface area contributed by atoms with Crippen LogP contribution in [0.2, 0.25) is 0 Å². The standard InChI is InChI=1S/C20H35N3O3/c1-5-21-20(22-11-8-12-24-6-2)23-16-18-10-9-17(4)15-19(18)26-14-13-25-7-3/h9-10,15H,5-8,11-14,16H2,1-4H3,(H2,21,22,23). The Balaban J connectivity index is 2.62. The topological polar surface area (TPSA) is 64.1 Å². The molecule has 2 N–H and O–H groups in total. The van der Waals surface area contributed by atoms with Crippen molar-refractivity contribution in [3.8, 4) is 5.75 Å². The molecule has 1 aromatic rings. The van der Waals surface area contributed by atoms with Crippen molar-refractivity contribution in [3.63, 3.8) is 0 Å². The quantitative estimate of drug-likeness (QED) is 0.320. The third kappa shape index (κ3) is 9.63. The van der Waals surface area contributed by atoms with E-state index in [0.29, 0.717) is 26.4 Å². The van der Waals surface area contributed by atoms with E-state index in [1.54, 1.807) is 0 Å². The van der Waals surface area contributed by atoms with Crippen LogP contribution in [0, 0.1) is 6.92 Å². The van der Waals surface area contributed by atoms with E-state index in [0.717, 1.165) is 50.0 Å². The zero-order valence-corrected chi connectivity index (χ0v) is 16.8. The lowest BCUT2D eigenvalue weighted by Crippen LogP contribution is -2.38. The Labute approximate surface area is 158 Å². The fourth-order valence-electron chi connectivity index (χ4n) is 2.31. The third-order valence-corrected chi connectivity index (χ3v) is 3.63. The average molecular weight is 366 g/mol. The minimum atomic E-state index is 0.545. The van der Waals surface area contributed by atoms with Gasteiger partial charge in [0.2, 0.25) is 0 Å². The number of aliphatic imine (C=N–C) groups is 1. The molecule has 0 aliphatic carbocycles. The van der Waals surface area contributed by atoms with E-state index in [2.05, 4.69) is 47.7 Å². The highest BCUT2D eigenvalue weighted by molar-refractivity contribution is 5.79. The maximum Gasteiger partial charge on any atom is 0.191 e. The molecule has 0 bridgehead atoms. The molecule has 0 amide bonds. The summed E-state index contributed by atoms with van der Waals surface area (Å²) < 4.78 is 16.6. The smallest absolute Gasteiger partial charge is 0.191 e. The molecule has 148 valence electrons. The number of hydrogen-bond donors (Lipinski definition) is 2. The lowest BCUT2D eigenvalue weighted by atomic mass is 10.1. The van der Waals surface area contributed by atoms with Gasteiger partial charge in [0.15, 0.2) is 5.96 Å². The molecule has 1 aromatic carbocycles. The Hall–Kier alpha value is -1.79. The van der Waals surface area contributed by atoms with Gasteiger partial charge in [0.25, 0.3) is 0 Å². The molecule has 0 aliphatic rings. The number of hydrogen-bond acceptors (Lipinski definition) is 4. The van der Waals surface area contributed by atoms with Crippen LogP contribution < -0.4 is 15.4 Å². The van der Waals surface area contributed by atoms with Gasteiger partial charge in [0, 0.05) is 38.5 Å². The molecule has 0 aliphatic heterocycles. The van der Waals surface area contributed by atoms with Gasteiger partial charge in [-0.2, -0.15) is 0 Å². The maximum absolute atomic E-state index is 5.89. The summed E-state index contributed by atoms with van der Waals surface area (Å²) in [6.45, 7) is 13.7. The molecule has 1 rings (SSSR count). The second-order valence-electron chi connectivity index (χ2n) is 5.83. The van der Waals surface area contributed by atoms with Gasteiger partial charge in [-0.3, -0.25) is 0 Å². The Morgan fingerprint density at radius 2 is 1.77 bits per heavy atom. The van der Waals surface area contributed by atoms with Gasteiger partial charge in [0.1, 0.15) is 12.4 Å². The van der Waals surface area contributed by atoms with Crippen LogP contribution in [0.3, 0.4) is 0 Å². The second-order valence-corrected chi connectivity index (χ2v) is 5.83. The van der Waals surface area contributed by atoms with Crippen molar-refractivity contribution < 1.29 is 14.2 Å². The molecule has 0 aromatic heterocycles. The molecule has 0 saturated carbocycles. The Morgan fingerprint density at radius 3 is 2.50 bits per heavy atom. The van der Waals surface area contributed by atoms with Crippen LogP contribution in [-0.2, 0) is 16.0 Å². The van der Waals surface area contributed by atoms with E-state index < -0.39 is 0 Å². The van der Waals surface area contributed by atoms with E-state index in [-0.39, 0.29) is 0 Å². The van der Waals surface area contributed by atoms with Crippen LogP contribution in [0.4, 0.5) is 0 Å². The minimum Gasteiger partial charge on any atom is -0.491 e. The molecule has 0 unspecified atom stereocenters. The fourth-order valence-corrected chi connectivity index (χ4v) is 2.31. The van der Waals surface area contributed by atoms with E-state index >= 15 is 0 Å². The van der Waals surface area contributed by atoms with Crippen LogP contribution >= 0.6 is 0 Å². The van der Waals surface area contributed by atoms with Gasteiger partial charge in [-0.05, 0) is 45.7 Å². The van der Waals surface area contributed by atoms with E-state index in [1.165, 1.54) is 5.56 Å². The van der Waals surface area contributed by atoms with Crippen LogP contribution in [0.5, 0.6) is 5.75 Å². The van der Waals surface area contributed by atoms with E-state index in [1.807, 2.05) is 13.8 Å². The molecule has 0 fully saturated rings. The van der Waals surface area contributed by atoms with Crippen molar-refractivity contribution in [3.05, 3.63) is 29.3 Å². The number of aryl methyl sites for hydroxylation is 1. The highest BCUT2D eigenvalue weighted by atomic mass is 16.5. The predicted octanol–water partition coefficient (Wildman–Crippen LogP) is 2.89. The SMILES string of the molecule is CCNC(=NCc1ccc(C)cc1OCCOCC)NCCCOCC. The summed E-state index contributed by atoms with van der Waals surface area (Å²) >= 11 is 0. The summed E-state index contributed by atoms with van der Waals surface area (Å²) in [5.74, 6) is 1.69. The zero-order valence-electron chi connectivity index (χ0n) is 16.8. The third-order valence-electron chi connectivity index (χ3n) is 3.63. The molecule has 0 radical (unpaired) electrons. The molecule has 6 heteroatoms. The summed E-state index contributed by atoms with van der Waals surface area (Å²) in [4.78, 5) is 4.68. The lowest BCUT2D eigenvalue weighted by Gasteiger charge is -2.14. The summed E-state index contributed by atoms with van der Waals surface area (Å²) in [7, 11) is 0. The molecular formula is C20H35N3O3. The normalized spacial score (nSPS) is 11.5. The second kappa shape index (κ2) is 14.4. The van der Waals surface area contributed by atoms with Gasteiger partial charge in [-0.15, -0.1) is 0 Å². The lowest BCUT2D eigenvalue weighted by molar-refractivity contribution is 0.110. The number of guanidine groups is 1. The molecule has 6 nitrogen and oxygen atoms in total. The maximum atomic E-state index is 5.89. The highest BCUT2D eigenvalue weighted by Crippen LogP contribution is 2.21. The zero-order chi connectivity index (χ0) is 19.0. The molecule has 26 heavy (non-hydrogen) atoms. The predicted molar refractivity (Wildman–Crippen MR) is 107 cm³/mol. The minimum absolute atomic E-state index is 0.545. The summed E-state index contributed by atoms with van der Waals surface area (Å²) in [5.41, 5.74) is 2.24. The average Bonchev–Trinajstić information content (AvgIpc) is 2.64. The molecule has 0 saturated heterocycles. The van der Waals surface area contributed by atoms with Crippen molar-refractivity contribution in [2.75, 3.05) is 46.1 Å². The van der Waals surface area contributed by atoms with E-state index in [4.69, 9.17) is 14.2 Å².